The third kappa shape index (κ3) is 3.05. The second kappa shape index (κ2) is 5.44. The van der Waals surface area contributed by atoms with Crippen LogP contribution >= 0.6 is 0 Å². The van der Waals surface area contributed by atoms with Crippen LogP contribution < -0.4 is 11.3 Å². The Kier molecular flexibility index (Phi) is 3.71. The zero-order valence-electron chi connectivity index (χ0n) is 10.7. The first-order valence-electron chi connectivity index (χ1n) is 5.65. The third-order valence-electron chi connectivity index (χ3n) is 2.55. The fourth-order valence-electron chi connectivity index (χ4n) is 1.69. The number of nitrogens with one attached hydrogen (secondary N) is 2. The van der Waals surface area contributed by atoms with Crippen molar-refractivity contribution in [3.8, 4) is 0 Å². The first kappa shape index (κ1) is 13.0. The summed E-state index contributed by atoms with van der Waals surface area (Å²) in [4.78, 5) is 21.9. The van der Waals surface area contributed by atoms with E-state index in [1.165, 1.54) is 11.2 Å². The predicted molar refractivity (Wildman–Crippen MR) is 69.0 cm³/mol. The molecule has 0 atom stereocenters. The average Bonchev–Trinajstić information content (AvgIpc) is 2.89. The number of aromatic amines is 1. The van der Waals surface area contributed by atoms with Gasteiger partial charge in [-0.15, -0.1) is 0 Å². The maximum Gasteiger partial charge on any atom is 0.254 e. The molecule has 2 aromatic heterocycles. The van der Waals surface area contributed by atoms with Gasteiger partial charge in [-0.05, 0) is 19.1 Å². The minimum Gasteiger partial charge on any atom is -0.334 e. The summed E-state index contributed by atoms with van der Waals surface area (Å²) in [5, 5.41) is 6.45. The molecule has 0 fully saturated rings. The Bertz CT molecular complexity index is 566. The summed E-state index contributed by atoms with van der Waals surface area (Å²) in [6.07, 6.45) is 1.40. The van der Waals surface area contributed by atoms with E-state index >= 15 is 0 Å². The molecule has 0 unspecified atom stereocenters. The van der Waals surface area contributed by atoms with Crippen LogP contribution in [0, 0.1) is 6.92 Å². The molecule has 8 heteroatoms. The highest BCUT2D eigenvalue weighted by Crippen LogP contribution is 2.12. The van der Waals surface area contributed by atoms with Crippen LogP contribution in [0.15, 0.2) is 18.5 Å². The van der Waals surface area contributed by atoms with Crippen molar-refractivity contribution in [2.45, 2.75) is 13.5 Å². The van der Waals surface area contributed by atoms with Gasteiger partial charge in [-0.1, -0.05) is 0 Å². The van der Waals surface area contributed by atoms with Gasteiger partial charge in [0.15, 0.2) is 0 Å². The number of nitrogens with zero attached hydrogens (tertiary/aromatic N) is 4. The second-order valence-corrected chi connectivity index (χ2v) is 4.12. The Morgan fingerprint density at radius 2 is 2.32 bits per heavy atom. The number of nitrogen functional groups attached to an aromatic ring is 1. The molecule has 0 aliphatic rings. The number of hydrazine groups is 1. The van der Waals surface area contributed by atoms with Crippen LogP contribution in [-0.4, -0.2) is 38.0 Å². The zero-order valence-corrected chi connectivity index (χ0v) is 10.7. The zero-order chi connectivity index (χ0) is 13.8. The summed E-state index contributed by atoms with van der Waals surface area (Å²) in [5.41, 5.74) is 3.67. The van der Waals surface area contributed by atoms with Crippen molar-refractivity contribution in [1.29, 1.82) is 0 Å². The van der Waals surface area contributed by atoms with Crippen LogP contribution in [-0.2, 0) is 6.54 Å². The molecule has 8 nitrogen and oxygen atoms in total. The number of carbonyl (C=O) groups is 1. The largest absolute Gasteiger partial charge is 0.334 e. The maximum absolute atomic E-state index is 12.3. The molecule has 4 N–H and O–H groups in total. The molecule has 0 saturated carbocycles. The van der Waals surface area contributed by atoms with Crippen molar-refractivity contribution >= 4 is 11.7 Å². The Morgan fingerprint density at radius 3 is 2.95 bits per heavy atom. The minimum absolute atomic E-state index is 0.140. The number of rotatable bonds is 4. The highest BCUT2D eigenvalue weighted by molar-refractivity contribution is 5.94. The topological polar surface area (TPSA) is 113 Å². The summed E-state index contributed by atoms with van der Waals surface area (Å²) in [6, 6.07) is 3.31. The van der Waals surface area contributed by atoms with Gasteiger partial charge in [-0.2, -0.15) is 5.10 Å². The van der Waals surface area contributed by atoms with Crippen molar-refractivity contribution < 1.29 is 4.79 Å². The van der Waals surface area contributed by atoms with E-state index in [0.717, 1.165) is 0 Å². The van der Waals surface area contributed by atoms with Crippen molar-refractivity contribution in [3.63, 3.8) is 0 Å². The Morgan fingerprint density at radius 1 is 1.53 bits per heavy atom. The smallest absolute Gasteiger partial charge is 0.254 e. The number of H-pyrrole nitrogens is 1. The number of amides is 1. The molecule has 1 amide bonds. The lowest BCUT2D eigenvalue weighted by atomic mass is 10.2. The van der Waals surface area contributed by atoms with Gasteiger partial charge in [0.2, 0.25) is 0 Å². The molecule has 19 heavy (non-hydrogen) atoms. The van der Waals surface area contributed by atoms with E-state index in [2.05, 4.69) is 25.6 Å². The SMILES string of the molecule is Cc1cc(C(=O)N(C)Cc2ncn[nH]2)cc(NN)n1. The lowest BCUT2D eigenvalue weighted by Gasteiger charge is -2.16. The summed E-state index contributed by atoms with van der Waals surface area (Å²) in [6.45, 7) is 2.15. The normalized spacial score (nSPS) is 10.3. The standard InChI is InChI=1S/C11H15N7O/c1-7-3-8(4-9(15-7)16-12)11(19)18(2)5-10-13-6-14-17-10/h3-4,6H,5,12H2,1-2H3,(H,15,16)(H,13,14,17). The fourth-order valence-corrected chi connectivity index (χ4v) is 1.69. The highest BCUT2D eigenvalue weighted by atomic mass is 16.2. The third-order valence-corrected chi connectivity index (χ3v) is 2.55. The van der Waals surface area contributed by atoms with Gasteiger partial charge in [0.05, 0.1) is 6.54 Å². The van der Waals surface area contributed by atoms with Crippen LogP contribution in [0.5, 0.6) is 0 Å². The lowest BCUT2D eigenvalue weighted by molar-refractivity contribution is 0.0781. The predicted octanol–water partition coefficient (Wildman–Crippen LogP) is 0.0659. The molecule has 0 radical (unpaired) electrons. The van der Waals surface area contributed by atoms with Crippen LogP contribution in [0.3, 0.4) is 0 Å². The molecule has 0 aromatic carbocycles. The number of carbonyl (C=O) groups excluding carboxylic acids is 1. The molecule has 0 bridgehead atoms. The molecule has 2 rings (SSSR count). The second-order valence-electron chi connectivity index (χ2n) is 4.12. The molecule has 0 aliphatic carbocycles. The number of hydrogen-bond acceptors (Lipinski definition) is 6. The fraction of sp³-hybridized carbons (Fsp3) is 0.273. The van der Waals surface area contributed by atoms with E-state index in [0.29, 0.717) is 29.4 Å². The number of pyridine rings is 1. The van der Waals surface area contributed by atoms with Crippen molar-refractivity contribution in [2.75, 3.05) is 12.5 Å². The first-order chi connectivity index (χ1) is 9.10. The van der Waals surface area contributed by atoms with E-state index < -0.39 is 0 Å². The van der Waals surface area contributed by atoms with Crippen molar-refractivity contribution in [2.24, 2.45) is 5.84 Å². The lowest BCUT2D eigenvalue weighted by Crippen LogP contribution is -2.27. The van der Waals surface area contributed by atoms with Crippen LogP contribution in [0.25, 0.3) is 0 Å². The maximum atomic E-state index is 12.3. The summed E-state index contributed by atoms with van der Waals surface area (Å²) in [7, 11) is 1.69. The van der Waals surface area contributed by atoms with Gasteiger partial charge in [0.1, 0.15) is 18.0 Å². The molecule has 0 saturated heterocycles. The highest BCUT2D eigenvalue weighted by Gasteiger charge is 2.14. The molecular weight excluding hydrogens is 246 g/mol. The van der Waals surface area contributed by atoms with Gasteiger partial charge >= 0.3 is 0 Å². The van der Waals surface area contributed by atoms with E-state index in [1.54, 1.807) is 26.1 Å². The number of aryl methyl sites for hydroxylation is 1. The summed E-state index contributed by atoms with van der Waals surface area (Å²) < 4.78 is 0. The minimum atomic E-state index is -0.140. The number of anilines is 1. The van der Waals surface area contributed by atoms with E-state index in [4.69, 9.17) is 5.84 Å². The molecule has 2 aromatic rings. The number of nitrogens with two attached hydrogens (primary N) is 1. The number of aromatic nitrogens is 4. The Balaban J connectivity index is 2.16. The average molecular weight is 261 g/mol. The van der Waals surface area contributed by atoms with Gasteiger partial charge in [-0.3, -0.25) is 9.89 Å². The van der Waals surface area contributed by atoms with E-state index in [9.17, 15) is 4.79 Å². The van der Waals surface area contributed by atoms with Crippen molar-refractivity contribution in [3.05, 3.63) is 35.5 Å². The van der Waals surface area contributed by atoms with Crippen LogP contribution in [0.2, 0.25) is 0 Å². The van der Waals surface area contributed by atoms with E-state index in [-0.39, 0.29) is 5.91 Å². The molecule has 2 heterocycles. The number of hydrogen-bond donors (Lipinski definition) is 3. The van der Waals surface area contributed by atoms with E-state index in [1.807, 2.05) is 0 Å². The quantitative estimate of drug-likeness (QED) is 0.530. The Hall–Kier alpha value is -2.48. The van der Waals surface area contributed by atoms with Gasteiger partial charge < -0.3 is 10.3 Å². The summed E-state index contributed by atoms with van der Waals surface area (Å²) in [5.74, 6) is 6.25. The molecule has 100 valence electrons. The molecule has 0 aliphatic heterocycles. The summed E-state index contributed by atoms with van der Waals surface area (Å²) >= 11 is 0. The van der Waals surface area contributed by atoms with Crippen LogP contribution in [0.4, 0.5) is 5.82 Å². The van der Waals surface area contributed by atoms with Crippen molar-refractivity contribution in [1.82, 2.24) is 25.1 Å². The molecular formula is C11H15N7O. The van der Waals surface area contributed by atoms with Crippen LogP contribution in [0.1, 0.15) is 21.9 Å². The Labute approximate surface area is 110 Å². The monoisotopic (exact) mass is 261 g/mol. The first-order valence-corrected chi connectivity index (χ1v) is 5.65. The molecule has 0 spiro atoms. The van der Waals surface area contributed by atoms with Gasteiger partial charge in [0.25, 0.3) is 5.91 Å². The van der Waals surface area contributed by atoms with Gasteiger partial charge in [0, 0.05) is 18.3 Å². The van der Waals surface area contributed by atoms with Gasteiger partial charge in [-0.25, -0.2) is 15.8 Å².